The topological polar surface area (TPSA) is 49.4 Å². The number of carbonyl (C=O) groups excluding carboxylic acids is 2. The molecule has 0 aliphatic heterocycles. The van der Waals surface area contributed by atoms with Crippen molar-refractivity contribution in [3.63, 3.8) is 0 Å². The number of carbonyl (C=O) groups is 2. The van der Waals surface area contributed by atoms with Crippen LogP contribution in [0.4, 0.5) is 0 Å². The Kier molecular flexibility index (Phi) is 7.21. The van der Waals surface area contributed by atoms with Crippen LogP contribution in [0.1, 0.15) is 33.6 Å². The normalized spacial score (nSPS) is 12.4. The monoisotopic (exact) mass is 246 g/mol. The lowest BCUT2D eigenvalue weighted by molar-refractivity contribution is -0.136. The minimum Gasteiger partial charge on any atom is -0.344 e. The van der Waals surface area contributed by atoms with Crippen LogP contribution in [0.3, 0.4) is 0 Å². The summed E-state index contributed by atoms with van der Waals surface area (Å²) in [4.78, 5) is 24.7. The van der Waals surface area contributed by atoms with Gasteiger partial charge in [0.05, 0.1) is 0 Å². The quantitative estimate of drug-likeness (QED) is 0.689. The maximum atomic E-state index is 12.0. The minimum atomic E-state index is -0.522. The lowest BCUT2D eigenvalue weighted by Crippen LogP contribution is -2.50. The molecule has 0 spiro atoms. The first-order valence-electron chi connectivity index (χ1n) is 5.62. The van der Waals surface area contributed by atoms with E-state index in [-0.39, 0.29) is 17.9 Å². The molecule has 0 aliphatic carbocycles. The van der Waals surface area contributed by atoms with E-state index in [0.717, 1.165) is 12.8 Å². The molecule has 4 nitrogen and oxygen atoms in total. The Labute approximate surface area is 103 Å². The van der Waals surface area contributed by atoms with E-state index in [9.17, 15) is 9.59 Å². The predicted octanol–water partition coefficient (Wildman–Crippen LogP) is 1.07. The average Bonchev–Trinajstić information content (AvgIpc) is 2.26. The van der Waals surface area contributed by atoms with Gasteiger partial charge in [0.2, 0.25) is 11.8 Å². The van der Waals surface area contributed by atoms with Crippen molar-refractivity contribution in [3.8, 4) is 0 Å². The summed E-state index contributed by atoms with van der Waals surface area (Å²) in [5, 5.41) is 2.61. The van der Waals surface area contributed by atoms with Crippen molar-refractivity contribution in [2.75, 3.05) is 12.8 Å². The first-order chi connectivity index (χ1) is 7.47. The van der Waals surface area contributed by atoms with E-state index in [4.69, 9.17) is 0 Å². The van der Waals surface area contributed by atoms with Gasteiger partial charge in [0.15, 0.2) is 0 Å². The third kappa shape index (κ3) is 4.43. The standard InChI is InChI=1S/C11H22N2O2S/c1-5-9(6-2)13(4)11(15)10(7-16)12-8(3)14/h9-10,16H,5-7H2,1-4H3,(H,12,14). The third-order valence-corrected chi connectivity index (χ3v) is 3.06. The molecule has 16 heavy (non-hydrogen) atoms. The molecule has 1 atom stereocenters. The van der Waals surface area contributed by atoms with E-state index in [1.165, 1.54) is 6.92 Å². The Balaban J connectivity index is 4.54. The van der Waals surface area contributed by atoms with Gasteiger partial charge in [-0.15, -0.1) is 0 Å². The van der Waals surface area contributed by atoms with Crippen molar-refractivity contribution in [3.05, 3.63) is 0 Å². The van der Waals surface area contributed by atoms with E-state index in [1.54, 1.807) is 11.9 Å². The van der Waals surface area contributed by atoms with E-state index in [1.807, 2.05) is 13.8 Å². The molecule has 0 radical (unpaired) electrons. The zero-order chi connectivity index (χ0) is 12.7. The molecule has 0 aromatic carbocycles. The van der Waals surface area contributed by atoms with E-state index in [2.05, 4.69) is 17.9 Å². The molecular formula is C11H22N2O2S. The van der Waals surface area contributed by atoms with Gasteiger partial charge in [-0.1, -0.05) is 13.8 Å². The highest BCUT2D eigenvalue weighted by atomic mass is 32.1. The minimum absolute atomic E-state index is 0.0705. The molecule has 1 unspecified atom stereocenters. The maximum absolute atomic E-state index is 12.0. The fourth-order valence-corrected chi connectivity index (χ4v) is 1.94. The Bertz CT molecular complexity index is 242. The second-order valence-electron chi connectivity index (χ2n) is 3.86. The van der Waals surface area contributed by atoms with Crippen molar-refractivity contribution in [1.29, 1.82) is 0 Å². The van der Waals surface area contributed by atoms with Crippen LogP contribution in [0, 0.1) is 0 Å². The number of nitrogens with zero attached hydrogens (tertiary/aromatic N) is 1. The predicted molar refractivity (Wildman–Crippen MR) is 68.6 cm³/mol. The lowest BCUT2D eigenvalue weighted by atomic mass is 10.1. The van der Waals surface area contributed by atoms with Gasteiger partial charge in [0.25, 0.3) is 0 Å². The summed E-state index contributed by atoms with van der Waals surface area (Å²) < 4.78 is 0. The fraction of sp³-hybridized carbons (Fsp3) is 0.818. The maximum Gasteiger partial charge on any atom is 0.245 e. The van der Waals surface area contributed by atoms with Gasteiger partial charge >= 0.3 is 0 Å². The van der Waals surface area contributed by atoms with Crippen molar-refractivity contribution < 1.29 is 9.59 Å². The fourth-order valence-electron chi connectivity index (χ4n) is 1.69. The van der Waals surface area contributed by atoms with E-state index >= 15 is 0 Å². The number of likely N-dealkylation sites (N-methyl/N-ethyl adjacent to an activating group) is 1. The Hall–Kier alpha value is -0.710. The zero-order valence-corrected chi connectivity index (χ0v) is 11.4. The molecule has 0 aliphatic rings. The van der Waals surface area contributed by atoms with Crippen LogP contribution in [0.15, 0.2) is 0 Å². The number of amides is 2. The number of hydrogen-bond donors (Lipinski definition) is 2. The summed E-state index contributed by atoms with van der Waals surface area (Å²) in [6, 6.07) is -0.296. The smallest absolute Gasteiger partial charge is 0.245 e. The summed E-state index contributed by atoms with van der Waals surface area (Å²) in [6.45, 7) is 5.50. The number of hydrogen-bond acceptors (Lipinski definition) is 3. The van der Waals surface area contributed by atoms with Gasteiger partial charge in [-0.25, -0.2) is 0 Å². The highest BCUT2D eigenvalue weighted by molar-refractivity contribution is 7.80. The number of nitrogens with one attached hydrogen (secondary N) is 1. The van der Waals surface area contributed by atoms with Crippen LogP contribution in [0.25, 0.3) is 0 Å². The second-order valence-corrected chi connectivity index (χ2v) is 4.22. The molecule has 0 fully saturated rings. The van der Waals surface area contributed by atoms with Gasteiger partial charge in [-0.2, -0.15) is 12.6 Å². The highest BCUT2D eigenvalue weighted by Crippen LogP contribution is 2.08. The van der Waals surface area contributed by atoms with Crippen molar-refractivity contribution in [2.45, 2.75) is 45.7 Å². The molecule has 0 saturated heterocycles. The molecule has 0 saturated carbocycles. The Morgan fingerprint density at radius 1 is 1.31 bits per heavy atom. The molecule has 1 N–H and O–H groups in total. The Morgan fingerprint density at radius 2 is 1.81 bits per heavy atom. The largest absolute Gasteiger partial charge is 0.344 e. The average molecular weight is 246 g/mol. The summed E-state index contributed by atoms with van der Waals surface area (Å²) in [7, 11) is 1.78. The lowest BCUT2D eigenvalue weighted by Gasteiger charge is -2.29. The van der Waals surface area contributed by atoms with E-state index < -0.39 is 6.04 Å². The second kappa shape index (κ2) is 7.54. The van der Waals surface area contributed by atoms with Crippen LogP contribution >= 0.6 is 12.6 Å². The molecule has 0 aromatic heterocycles. The summed E-state index contributed by atoms with van der Waals surface area (Å²) in [6.07, 6.45) is 1.83. The van der Waals surface area contributed by atoms with Crippen molar-refractivity contribution in [1.82, 2.24) is 10.2 Å². The van der Waals surface area contributed by atoms with Crippen LogP contribution in [-0.2, 0) is 9.59 Å². The van der Waals surface area contributed by atoms with E-state index in [0.29, 0.717) is 5.75 Å². The summed E-state index contributed by atoms with van der Waals surface area (Å²) in [5.41, 5.74) is 0. The molecule has 0 bridgehead atoms. The first-order valence-corrected chi connectivity index (χ1v) is 6.25. The molecule has 0 rings (SSSR count). The van der Waals surface area contributed by atoms with Gasteiger partial charge < -0.3 is 10.2 Å². The molecule has 0 aromatic rings. The van der Waals surface area contributed by atoms with Gasteiger partial charge in [0.1, 0.15) is 6.04 Å². The van der Waals surface area contributed by atoms with Crippen LogP contribution in [0.5, 0.6) is 0 Å². The van der Waals surface area contributed by atoms with Gasteiger partial charge in [0, 0.05) is 25.8 Å². The Morgan fingerprint density at radius 3 is 2.12 bits per heavy atom. The molecule has 2 amide bonds. The first kappa shape index (κ1) is 15.3. The summed E-state index contributed by atoms with van der Waals surface area (Å²) in [5.74, 6) is 0.0485. The molecule has 0 heterocycles. The molecular weight excluding hydrogens is 224 g/mol. The van der Waals surface area contributed by atoms with Crippen LogP contribution in [-0.4, -0.2) is 41.6 Å². The van der Waals surface area contributed by atoms with Crippen LogP contribution < -0.4 is 5.32 Å². The van der Waals surface area contributed by atoms with Gasteiger partial charge in [-0.05, 0) is 12.8 Å². The van der Waals surface area contributed by atoms with Crippen molar-refractivity contribution in [2.24, 2.45) is 0 Å². The van der Waals surface area contributed by atoms with Crippen molar-refractivity contribution >= 4 is 24.4 Å². The summed E-state index contributed by atoms with van der Waals surface area (Å²) >= 11 is 4.09. The van der Waals surface area contributed by atoms with Gasteiger partial charge in [-0.3, -0.25) is 9.59 Å². The van der Waals surface area contributed by atoms with Crippen LogP contribution in [0.2, 0.25) is 0 Å². The number of thiol groups is 1. The third-order valence-electron chi connectivity index (χ3n) is 2.70. The number of rotatable bonds is 6. The highest BCUT2D eigenvalue weighted by Gasteiger charge is 2.24. The molecule has 5 heteroatoms. The zero-order valence-electron chi connectivity index (χ0n) is 10.5. The SMILES string of the molecule is CCC(CC)N(C)C(=O)C(CS)NC(C)=O. The molecule has 94 valence electrons.